The van der Waals surface area contributed by atoms with Gasteiger partial charge in [-0.1, -0.05) is 42.5 Å². The van der Waals surface area contributed by atoms with Gasteiger partial charge in [-0.3, -0.25) is 0 Å². The van der Waals surface area contributed by atoms with Gasteiger partial charge >= 0.3 is 0 Å². The molecule has 0 spiro atoms. The van der Waals surface area contributed by atoms with E-state index in [-0.39, 0.29) is 0 Å². The zero-order chi connectivity index (χ0) is 10.3. The molecule has 2 aromatic carbocycles. The smallest absolute Gasteiger partial charge is 0.0349 e. The molecule has 0 aromatic heterocycles. The largest absolute Gasteiger partial charge is 0.398 e. The lowest BCUT2D eigenvalue weighted by Gasteiger charge is -2.31. The molecular weight excluding hydrogens is 182 g/mol. The van der Waals surface area contributed by atoms with E-state index in [1.165, 1.54) is 16.7 Å². The highest BCUT2D eigenvalue weighted by molar-refractivity contribution is 5.60. The average molecular weight is 195 g/mol. The van der Waals surface area contributed by atoms with Crippen LogP contribution < -0.4 is 5.73 Å². The van der Waals surface area contributed by atoms with Crippen LogP contribution in [0.5, 0.6) is 0 Å². The summed E-state index contributed by atoms with van der Waals surface area (Å²) in [6.07, 6.45) is 1.09. The first-order valence-electron chi connectivity index (χ1n) is 5.28. The van der Waals surface area contributed by atoms with E-state index in [1.807, 2.05) is 12.1 Å². The van der Waals surface area contributed by atoms with Crippen molar-refractivity contribution in [3.05, 3.63) is 65.2 Å². The van der Waals surface area contributed by atoms with Crippen molar-refractivity contribution >= 4 is 5.69 Å². The first kappa shape index (κ1) is 8.54. The summed E-state index contributed by atoms with van der Waals surface area (Å²) in [5.41, 5.74) is 11.0. The minimum absolute atomic E-state index is 0.560. The normalized spacial score (nSPS) is 18.0. The number of hydrogen-bond acceptors (Lipinski definition) is 1. The van der Waals surface area contributed by atoms with Crippen molar-refractivity contribution in [2.24, 2.45) is 0 Å². The Hall–Kier alpha value is -1.76. The fraction of sp³-hybridized carbons (Fsp3) is 0.143. The highest BCUT2D eigenvalue weighted by atomic mass is 14.6. The molecule has 15 heavy (non-hydrogen) atoms. The summed E-state index contributed by atoms with van der Waals surface area (Å²) in [4.78, 5) is 0. The van der Waals surface area contributed by atoms with Crippen LogP contribution in [-0.2, 0) is 6.42 Å². The fourth-order valence-electron chi connectivity index (χ4n) is 2.35. The van der Waals surface area contributed by atoms with Gasteiger partial charge < -0.3 is 5.73 Å². The average Bonchev–Trinajstić information content (AvgIpc) is 2.23. The van der Waals surface area contributed by atoms with Crippen molar-refractivity contribution in [1.29, 1.82) is 0 Å². The van der Waals surface area contributed by atoms with E-state index >= 15 is 0 Å². The third-order valence-corrected chi connectivity index (χ3v) is 3.23. The molecule has 1 nitrogen and oxygen atoms in total. The van der Waals surface area contributed by atoms with Gasteiger partial charge in [0.25, 0.3) is 0 Å². The van der Waals surface area contributed by atoms with Gasteiger partial charge in [-0.25, -0.2) is 0 Å². The number of nitrogen functional groups attached to an aromatic ring is 1. The molecule has 0 radical (unpaired) electrons. The van der Waals surface area contributed by atoms with Crippen molar-refractivity contribution < 1.29 is 0 Å². The van der Waals surface area contributed by atoms with Gasteiger partial charge in [0, 0.05) is 11.6 Å². The Morgan fingerprint density at radius 1 is 0.933 bits per heavy atom. The molecule has 0 heterocycles. The van der Waals surface area contributed by atoms with E-state index in [9.17, 15) is 0 Å². The van der Waals surface area contributed by atoms with E-state index in [4.69, 9.17) is 5.73 Å². The summed E-state index contributed by atoms with van der Waals surface area (Å²) in [7, 11) is 0. The standard InChI is InChI=1S/C14H13N/c15-14-8-4-7-11-12(9-13(11)14)10-5-2-1-3-6-10/h1-8,12H,9,15H2/t12-/m1/s1. The van der Waals surface area contributed by atoms with Crippen LogP contribution in [0.3, 0.4) is 0 Å². The third kappa shape index (κ3) is 1.23. The Bertz CT molecular complexity index is 488. The van der Waals surface area contributed by atoms with Crippen molar-refractivity contribution in [3.63, 3.8) is 0 Å². The molecule has 1 aliphatic carbocycles. The second-order valence-corrected chi connectivity index (χ2v) is 4.08. The molecule has 0 amide bonds. The summed E-state index contributed by atoms with van der Waals surface area (Å²) in [5.74, 6) is 0.560. The van der Waals surface area contributed by atoms with E-state index in [1.54, 1.807) is 0 Å². The monoisotopic (exact) mass is 195 g/mol. The van der Waals surface area contributed by atoms with E-state index in [2.05, 4.69) is 36.4 Å². The molecule has 0 bridgehead atoms. The molecule has 0 saturated carbocycles. The van der Waals surface area contributed by atoms with Gasteiger partial charge in [-0.05, 0) is 29.2 Å². The summed E-state index contributed by atoms with van der Waals surface area (Å²) >= 11 is 0. The van der Waals surface area contributed by atoms with Gasteiger partial charge in [0.05, 0.1) is 0 Å². The molecule has 1 atom stereocenters. The number of benzene rings is 2. The quantitative estimate of drug-likeness (QED) is 0.695. The van der Waals surface area contributed by atoms with Gasteiger partial charge in [-0.15, -0.1) is 0 Å². The van der Waals surface area contributed by atoms with Gasteiger partial charge in [0.1, 0.15) is 0 Å². The molecular formula is C14H13N. The van der Waals surface area contributed by atoms with Crippen LogP contribution in [0.1, 0.15) is 22.6 Å². The Balaban J connectivity index is 2.02. The highest BCUT2D eigenvalue weighted by Crippen LogP contribution is 2.42. The van der Waals surface area contributed by atoms with Gasteiger partial charge in [-0.2, -0.15) is 0 Å². The van der Waals surface area contributed by atoms with Crippen LogP contribution in [0.2, 0.25) is 0 Å². The lowest BCUT2D eigenvalue weighted by molar-refractivity contribution is 0.711. The Morgan fingerprint density at radius 3 is 2.53 bits per heavy atom. The Kier molecular flexibility index (Phi) is 1.78. The minimum Gasteiger partial charge on any atom is -0.398 e. The lowest BCUT2D eigenvalue weighted by atomic mass is 9.73. The van der Waals surface area contributed by atoms with Crippen LogP contribution in [0.25, 0.3) is 0 Å². The molecule has 0 fully saturated rings. The van der Waals surface area contributed by atoms with Gasteiger partial charge in [0.2, 0.25) is 0 Å². The number of nitrogens with two attached hydrogens (primary N) is 1. The van der Waals surface area contributed by atoms with Crippen LogP contribution in [0, 0.1) is 0 Å². The summed E-state index contributed by atoms with van der Waals surface area (Å²) in [6, 6.07) is 16.9. The second kappa shape index (κ2) is 3.13. The molecule has 0 unspecified atom stereocenters. The van der Waals surface area contributed by atoms with Crippen molar-refractivity contribution in [1.82, 2.24) is 0 Å². The van der Waals surface area contributed by atoms with Crippen molar-refractivity contribution in [2.75, 3.05) is 5.73 Å². The fourth-order valence-corrected chi connectivity index (χ4v) is 2.35. The van der Waals surface area contributed by atoms with E-state index < -0.39 is 0 Å². The SMILES string of the molecule is Nc1cccc2c1C[C@@H]2c1ccccc1. The molecule has 3 rings (SSSR count). The minimum atomic E-state index is 0.560. The second-order valence-electron chi connectivity index (χ2n) is 4.08. The molecule has 0 aliphatic heterocycles. The van der Waals surface area contributed by atoms with E-state index in [0.29, 0.717) is 5.92 Å². The number of rotatable bonds is 1. The third-order valence-electron chi connectivity index (χ3n) is 3.23. The molecule has 1 aliphatic rings. The number of anilines is 1. The van der Waals surface area contributed by atoms with Crippen LogP contribution in [-0.4, -0.2) is 0 Å². The van der Waals surface area contributed by atoms with E-state index in [0.717, 1.165) is 12.1 Å². The first-order valence-corrected chi connectivity index (χ1v) is 5.28. The van der Waals surface area contributed by atoms with Crippen LogP contribution >= 0.6 is 0 Å². The Labute approximate surface area is 89.6 Å². The molecule has 0 saturated heterocycles. The molecule has 1 heteroatoms. The zero-order valence-corrected chi connectivity index (χ0v) is 8.48. The molecule has 2 aromatic rings. The highest BCUT2D eigenvalue weighted by Gasteiger charge is 2.28. The Morgan fingerprint density at radius 2 is 1.73 bits per heavy atom. The lowest BCUT2D eigenvalue weighted by Crippen LogP contribution is -2.19. The zero-order valence-electron chi connectivity index (χ0n) is 8.48. The topological polar surface area (TPSA) is 26.0 Å². The molecule has 74 valence electrons. The first-order chi connectivity index (χ1) is 7.36. The predicted octanol–water partition coefficient (Wildman–Crippen LogP) is 2.96. The maximum Gasteiger partial charge on any atom is 0.0349 e. The van der Waals surface area contributed by atoms with Crippen molar-refractivity contribution in [2.45, 2.75) is 12.3 Å². The van der Waals surface area contributed by atoms with Crippen LogP contribution in [0.4, 0.5) is 5.69 Å². The number of fused-ring (bicyclic) bond motifs is 1. The maximum atomic E-state index is 5.91. The summed E-state index contributed by atoms with van der Waals surface area (Å²) in [5, 5.41) is 0. The molecule has 2 N–H and O–H groups in total. The maximum absolute atomic E-state index is 5.91. The predicted molar refractivity (Wildman–Crippen MR) is 62.8 cm³/mol. The summed E-state index contributed by atoms with van der Waals surface area (Å²) in [6.45, 7) is 0. The van der Waals surface area contributed by atoms with Gasteiger partial charge in [0.15, 0.2) is 0 Å². The van der Waals surface area contributed by atoms with Crippen LogP contribution in [0.15, 0.2) is 48.5 Å². The number of hydrogen-bond donors (Lipinski definition) is 1. The van der Waals surface area contributed by atoms with Crippen molar-refractivity contribution in [3.8, 4) is 0 Å². The summed E-state index contributed by atoms with van der Waals surface area (Å²) < 4.78 is 0.